The Balaban J connectivity index is 1.45. The molecule has 0 aliphatic carbocycles. The van der Waals surface area contributed by atoms with Gasteiger partial charge in [-0.25, -0.2) is 18.1 Å². The molecule has 9 nitrogen and oxygen atoms in total. The van der Waals surface area contributed by atoms with Gasteiger partial charge in [0.25, 0.3) is 5.56 Å². The third-order valence-corrected chi connectivity index (χ3v) is 8.16. The molecule has 1 fully saturated rings. The van der Waals surface area contributed by atoms with Crippen molar-refractivity contribution in [2.24, 2.45) is 0 Å². The Hall–Kier alpha value is -3.08. The molecular weight excluding hydrogens is 476 g/mol. The largest absolute Gasteiger partial charge is 0.308 e. The normalized spacial score (nSPS) is 17.3. The SMILES string of the molecule is Cc1ccc(S(=O)(=O)N2CCCC(c3nc4c(nnn4Cc4cccc(Cl)c4)c(=O)[nH]3)C2)cc1. The summed E-state index contributed by atoms with van der Waals surface area (Å²) in [6.45, 7) is 2.93. The maximum Gasteiger partial charge on any atom is 0.281 e. The second-order valence-corrected chi connectivity index (χ2v) is 10.9. The van der Waals surface area contributed by atoms with Crippen molar-refractivity contribution in [3.05, 3.63) is 80.9 Å². The smallest absolute Gasteiger partial charge is 0.281 e. The van der Waals surface area contributed by atoms with Crippen LogP contribution in [0.3, 0.4) is 0 Å². The van der Waals surface area contributed by atoms with Crippen LogP contribution in [0.25, 0.3) is 11.2 Å². The topological polar surface area (TPSA) is 114 Å². The molecule has 11 heteroatoms. The van der Waals surface area contributed by atoms with E-state index in [-0.39, 0.29) is 22.9 Å². The van der Waals surface area contributed by atoms with Gasteiger partial charge in [0, 0.05) is 24.0 Å². The Morgan fingerprint density at radius 1 is 1.18 bits per heavy atom. The Morgan fingerprint density at radius 2 is 1.97 bits per heavy atom. The first-order valence-corrected chi connectivity index (χ1v) is 12.8. The monoisotopic (exact) mass is 498 g/mol. The van der Waals surface area contributed by atoms with Crippen molar-refractivity contribution in [1.82, 2.24) is 29.3 Å². The summed E-state index contributed by atoms with van der Waals surface area (Å²) in [4.78, 5) is 20.5. The van der Waals surface area contributed by atoms with Gasteiger partial charge in [-0.2, -0.15) is 4.31 Å². The van der Waals surface area contributed by atoms with Gasteiger partial charge in [-0.1, -0.05) is 46.6 Å². The molecule has 3 heterocycles. The molecule has 0 bridgehead atoms. The van der Waals surface area contributed by atoms with E-state index in [9.17, 15) is 13.2 Å². The van der Waals surface area contributed by atoms with E-state index < -0.39 is 15.6 Å². The van der Waals surface area contributed by atoms with Crippen LogP contribution in [0.5, 0.6) is 0 Å². The standard InChI is InChI=1S/C23H23ClN6O3S/c1-15-7-9-19(10-8-15)34(32,33)29-11-3-5-17(14-29)21-25-22-20(23(31)26-21)27-28-30(22)13-16-4-2-6-18(24)12-16/h2,4,6-10,12,17H,3,5,11,13-14H2,1H3,(H,25,26,31). The lowest BCUT2D eigenvalue weighted by atomic mass is 9.99. The second-order valence-electron chi connectivity index (χ2n) is 8.52. The third kappa shape index (κ3) is 4.36. The van der Waals surface area contributed by atoms with Gasteiger partial charge in [0.1, 0.15) is 5.82 Å². The first-order valence-electron chi connectivity index (χ1n) is 11.0. The number of aromatic amines is 1. The number of benzene rings is 2. The number of hydrogen-bond donors (Lipinski definition) is 1. The van der Waals surface area contributed by atoms with Crippen LogP contribution < -0.4 is 5.56 Å². The number of fused-ring (bicyclic) bond motifs is 1. The zero-order valence-corrected chi connectivity index (χ0v) is 20.1. The lowest BCUT2D eigenvalue weighted by Gasteiger charge is -2.31. The summed E-state index contributed by atoms with van der Waals surface area (Å²) >= 11 is 6.09. The van der Waals surface area contributed by atoms with Gasteiger partial charge in [0.15, 0.2) is 11.2 Å². The average Bonchev–Trinajstić information content (AvgIpc) is 3.22. The lowest BCUT2D eigenvalue weighted by molar-refractivity contribution is 0.309. The zero-order valence-electron chi connectivity index (χ0n) is 18.5. The Kier molecular flexibility index (Phi) is 5.97. The molecule has 1 aliphatic heterocycles. The van der Waals surface area contributed by atoms with Crippen molar-refractivity contribution >= 4 is 32.8 Å². The maximum atomic E-state index is 13.2. The van der Waals surface area contributed by atoms with Gasteiger partial charge in [-0.3, -0.25) is 4.79 Å². The minimum atomic E-state index is -3.64. The molecule has 1 saturated heterocycles. The zero-order chi connectivity index (χ0) is 23.9. The number of nitrogens with zero attached hydrogens (tertiary/aromatic N) is 5. The molecule has 176 valence electrons. The quantitative estimate of drug-likeness (QED) is 0.452. The molecule has 2 aromatic carbocycles. The molecule has 1 unspecified atom stereocenters. The molecule has 0 spiro atoms. The first-order chi connectivity index (χ1) is 16.3. The Bertz CT molecular complexity index is 1510. The summed E-state index contributed by atoms with van der Waals surface area (Å²) in [6.07, 6.45) is 1.38. The van der Waals surface area contributed by atoms with Crippen LogP contribution in [0.15, 0.2) is 58.2 Å². The Labute approximate surface area is 201 Å². The molecule has 1 aliphatic rings. The van der Waals surface area contributed by atoms with Crippen LogP contribution in [0.1, 0.15) is 35.7 Å². The fraction of sp³-hybridized carbons (Fsp3) is 0.304. The summed E-state index contributed by atoms with van der Waals surface area (Å²) in [6, 6.07) is 14.2. The number of rotatable bonds is 5. The molecule has 0 amide bonds. The number of aromatic nitrogens is 5. The minimum absolute atomic E-state index is 0.144. The maximum absolute atomic E-state index is 13.2. The van der Waals surface area contributed by atoms with E-state index in [1.54, 1.807) is 35.0 Å². The summed E-state index contributed by atoms with van der Waals surface area (Å²) in [5, 5.41) is 8.70. The Morgan fingerprint density at radius 3 is 2.74 bits per heavy atom. The predicted molar refractivity (Wildman–Crippen MR) is 128 cm³/mol. The van der Waals surface area contributed by atoms with E-state index in [1.165, 1.54) is 4.31 Å². The van der Waals surface area contributed by atoms with E-state index in [4.69, 9.17) is 11.6 Å². The van der Waals surface area contributed by atoms with E-state index in [2.05, 4.69) is 20.3 Å². The van der Waals surface area contributed by atoms with Gasteiger partial charge in [0.05, 0.1) is 11.4 Å². The lowest BCUT2D eigenvalue weighted by Crippen LogP contribution is -2.39. The second kappa shape index (κ2) is 8.94. The molecule has 1 atom stereocenters. The molecule has 34 heavy (non-hydrogen) atoms. The summed E-state index contributed by atoms with van der Waals surface area (Å²) in [5.74, 6) is 0.191. The molecule has 4 aromatic rings. The van der Waals surface area contributed by atoms with Crippen molar-refractivity contribution in [3.8, 4) is 0 Å². The van der Waals surface area contributed by atoms with Crippen LogP contribution in [0.4, 0.5) is 0 Å². The van der Waals surface area contributed by atoms with E-state index in [0.29, 0.717) is 42.4 Å². The van der Waals surface area contributed by atoms with E-state index in [0.717, 1.165) is 11.1 Å². The highest BCUT2D eigenvalue weighted by atomic mass is 35.5. The van der Waals surface area contributed by atoms with E-state index >= 15 is 0 Å². The number of H-pyrrole nitrogens is 1. The summed E-state index contributed by atoms with van der Waals surface area (Å²) in [7, 11) is -3.64. The van der Waals surface area contributed by atoms with Crippen molar-refractivity contribution in [1.29, 1.82) is 0 Å². The fourth-order valence-corrected chi connectivity index (χ4v) is 5.97. The first kappa shape index (κ1) is 22.7. The van der Waals surface area contributed by atoms with Crippen molar-refractivity contribution in [2.75, 3.05) is 13.1 Å². The van der Waals surface area contributed by atoms with E-state index in [1.807, 2.05) is 25.1 Å². The van der Waals surface area contributed by atoms with Gasteiger partial charge in [0.2, 0.25) is 10.0 Å². The van der Waals surface area contributed by atoms with Crippen molar-refractivity contribution in [2.45, 2.75) is 37.1 Å². The van der Waals surface area contributed by atoms with Crippen LogP contribution in [-0.2, 0) is 16.6 Å². The van der Waals surface area contributed by atoms with Crippen LogP contribution in [0.2, 0.25) is 5.02 Å². The van der Waals surface area contributed by atoms with Crippen LogP contribution >= 0.6 is 11.6 Å². The average molecular weight is 499 g/mol. The van der Waals surface area contributed by atoms with Gasteiger partial charge in [-0.15, -0.1) is 5.10 Å². The van der Waals surface area contributed by atoms with Crippen LogP contribution in [0, 0.1) is 6.92 Å². The minimum Gasteiger partial charge on any atom is -0.308 e. The van der Waals surface area contributed by atoms with Gasteiger partial charge in [-0.05, 0) is 49.6 Å². The number of piperidine rings is 1. The summed E-state index contributed by atoms with van der Waals surface area (Å²) in [5.41, 5.74) is 2.00. The number of sulfonamides is 1. The summed E-state index contributed by atoms with van der Waals surface area (Å²) < 4.78 is 29.4. The predicted octanol–water partition coefficient (Wildman–Crippen LogP) is 3.09. The molecular formula is C23H23ClN6O3S. The molecule has 5 rings (SSSR count). The highest BCUT2D eigenvalue weighted by molar-refractivity contribution is 7.89. The van der Waals surface area contributed by atoms with Crippen LogP contribution in [-0.4, -0.2) is 50.8 Å². The fourth-order valence-electron chi connectivity index (χ4n) is 4.23. The van der Waals surface area contributed by atoms with Crippen molar-refractivity contribution < 1.29 is 8.42 Å². The number of nitrogens with one attached hydrogen (secondary N) is 1. The number of halogens is 1. The number of aryl methyl sites for hydroxylation is 1. The van der Waals surface area contributed by atoms with Crippen molar-refractivity contribution in [3.63, 3.8) is 0 Å². The number of hydrogen-bond acceptors (Lipinski definition) is 6. The van der Waals surface area contributed by atoms with Gasteiger partial charge >= 0.3 is 0 Å². The van der Waals surface area contributed by atoms with Gasteiger partial charge < -0.3 is 4.98 Å². The third-order valence-electron chi connectivity index (χ3n) is 6.04. The molecule has 2 aromatic heterocycles. The molecule has 0 radical (unpaired) electrons. The molecule has 1 N–H and O–H groups in total. The highest BCUT2D eigenvalue weighted by Crippen LogP contribution is 2.29. The molecule has 0 saturated carbocycles. The highest BCUT2D eigenvalue weighted by Gasteiger charge is 2.32.